The number of furan rings is 1. The average Bonchev–Trinajstić information content (AvgIpc) is 2.83. The second-order valence-electron chi connectivity index (χ2n) is 4.55. The molecule has 0 bridgehead atoms. The van der Waals surface area contributed by atoms with E-state index in [2.05, 4.69) is 0 Å². The van der Waals surface area contributed by atoms with E-state index < -0.39 is 5.97 Å². The zero-order valence-corrected chi connectivity index (χ0v) is 11.3. The van der Waals surface area contributed by atoms with Gasteiger partial charge in [-0.05, 0) is 37.3 Å². The third-order valence-electron chi connectivity index (χ3n) is 3.10. The van der Waals surface area contributed by atoms with Crippen LogP contribution < -0.4 is 0 Å². The van der Waals surface area contributed by atoms with E-state index in [0.717, 1.165) is 11.3 Å². The van der Waals surface area contributed by atoms with Gasteiger partial charge in [0.2, 0.25) is 0 Å². The molecule has 0 spiro atoms. The Balaban J connectivity index is 2.10. The highest BCUT2D eigenvalue weighted by atomic mass is 16.4. The molecule has 1 aromatic carbocycles. The number of aromatic carboxylic acids is 1. The maximum absolute atomic E-state index is 12.2. The van der Waals surface area contributed by atoms with Crippen molar-refractivity contribution in [3.8, 4) is 0 Å². The second-order valence-corrected chi connectivity index (χ2v) is 4.55. The number of carboxylic acids is 1. The summed E-state index contributed by atoms with van der Waals surface area (Å²) in [6.07, 6.45) is 1.59. The number of aryl methyl sites for hydroxylation is 1. The van der Waals surface area contributed by atoms with Crippen LogP contribution in [0.1, 0.15) is 32.0 Å². The zero-order valence-electron chi connectivity index (χ0n) is 11.3. The van der Waals surface area contributed by atoms with E-state index >= 15 is 0 Å². The summed E-state index contributed by atoms with van der Waals surface area (Å²) in [7, 11) is 1.69. The fourth-order valence-electron chi connectivity index (χ4n) is 1.88. The Morgan fingerprint density at radius 3 is 2.25 bits per heavy atom. The molecule has 5 heteroatoms. The van der Waals surface area contributed by atoms with Crippen molar-refractivity contribution in [2.45, 2.75) is 13.5 Å². The van der Waals surface area contributed by atoms with Gasteiger partial charge in [-0.1, -0.05) is 0 Å². The van der Waals surface area contributed by atoms with E-state index in [0.29, 0.717) is 12.1 Å². The average molecular weight is 273 g/mol. The van der Waals surface area contributed by atoms with Gasteiger partial charge in [-0.2, -0.15) is 0 Å². The Bertz CT molecular complexity index is 628. The number of carbonyl (C=O) groups excluding carboxylic acids is 1. The molecule has 0 radical (unpaired) electrons. The highest BCUT2D eigenvalue weighted by molar-refractivity contribution is 5.95. The van der Waals surface area contributed by atoms with Crippen molar-refractivity contribution in [1.29, 1.82) is 0 Å². The number of carbonyl (C=O) groups is 2. The summed E-state index contributed by atoms with van der Waals surface area (Å²) in [4.78, 5) is 24.5. The Kier molecular flexibility index (Phi) is 3.89. The third-order valence-corrected chi connectivity index (χ3v) is 3.10. The highest BCUT2D eigenvalue weighted by Crippen LogP contribution is 2.13. The molecule has 5 nitrogen and oxygen atoms in total. The van der Waals surface area contributed by atoms with Crippen molar-refractivity contribution in [3.63, 3.8) is 0 Å². The minimum atomic E-state index is -1.01. The van der Waals surface area contributed by atoms with E-state index in [1.165, 1.54) is 24.3 Å². The van der Waals surface area contributed by atoms with Crippen LogP contribution in [-0.4, -0.2) is 28.9 Å². The summed E-state index contributed by atoms with van der Waals surface area (Å²) in [5.74, 6) is -0.389. The molecule has 0 aliphatic carbocycles. The molecule has 104 valence electrons. The van der Waals surface area contributed by atoms with Crippen LogP contribution in [0.5, 0.6) is 0 Å². The van der Waals surface area contributed by atoms with Gasteiger partial charge in [0.1, 0.15) is 5.76 Å². The van der Waals surface area contributed by atoms with Crippen molar-refractivity contribution in [2.75, 3.05) is 7.05 Å². The molecule has 2 aromatic rings. The van der Waals surface area contributed by atoms with Gasteiger partial charge in [-0.3, -0.25) is 4.79 Å². The largest absolute Gasteiger partial charge is 0.478 e. The molecular weight excluding hydrogens is 258 g/mol. The Labute approximate surface area is 116 Å². The van der Waals surface area contributed by atoms with E-state index in [9.17, 15) is 9.59 Å². The topological polar surface area (TPSA) is 70.8 Å². The zero-order chi connectivity index (χ0) is 14.7. The molecule has 0 fully saturated rings. The first kappa shape index (κ1) is 13.9. The lowest BCUT2D eigenvalue weighted by atomic mass is 10.1. The quantitative estimate of drug-likeness (QED) is 0.929. The normalized spacial score (nSPS) is 10.3. The first-order chi connectivity index (χ1) is 9.49. The summed E-state index contributed by atoms with van der Waals surface area (Å²) in [5.41, 5.74) is 1.57. The van der Waals surface area contributed by atoms with Gasteiger partial charge >= 0.3 is 5.97 Å². The second kappa shape index (κ2) is 5.61. The molecule has 0 saturated heterocycles. The Hall–Kier alpha value is -2.56. The van der Waals surface area contributed by atoms with Gasteiger partial charge in [-0.15, -0.1) is 0 Å². The molecule has 2 rings (SSSR count). The molecular formula is C15H15NO4. The predicted molar refractivity (Wildman–Crippen MR) is 72.6 cm³/mol. The summed E-state index contributed by atoms with van der Waals surface area (Å²) in [6.45, 7) is 2.29. The summed E-state index contributed by atoms with van der Waals surface area (Å²) in [6, 6.07) is 7.71. The van der Waals surface area contributed by atoms with E-state index in [1.54, 1.807) is 18.2 Å². The maximum atomic E-state index is 12.2. The van der Waals surface area contributed by atoms with Gasteiger partial charge in [0.15, 0.2) is 0 Å². The molecule has 20 heavy (non-hydrogen) atoms. The van der Waals surface area contributed by atoms with Crippen molar-refractivity contribution in [2.24, 2.45) is 0 Å². The van der Waals surface area contributed by atoms with Crippen molar-refractivity contribution in [1.82, 2.24) is 4.90 Å². The van der Waals surface area contributed by atoms with Gasteiger partial charge in [-0.25, -0.2) is 4.79 Å². The van der Waals surface area contributed by atoms with Crippen molar-refractivity contribution in [3.05, 3.63) is 59.0 Å². The standard InChI is InChI=1S/C15H15NO4/c1-10-13(7-8-20-10)9-16(2)14(17)11-3-5-12(6-4-11)15(18)19/h3-8H,9H2,1-2H3,(H,18,19). The van der Waals surface area contributed by atoms with Crippen LogP contribution in [0.3, 0.4) is 0 Å². The number of hydrogen-bond acceptors (Lipinski definition) is 3. The van der Waals surface area contributed by atoms with Crippen LogP contribution >= 0.6 is 0 Å². The van der Waals surface area contributed by atoms with Gasteiger partial charge in [0, 0.05) is 24.7 Å². The minimum Gasteiger partial charge on any atom is -0.478 e. The lowest BCUT2D eigenvalue weighted by molar-refractivity contribution is 0.0695. The van der Waals surface area contributed by atoms with Crippen LogP contribution in [0.2, 0.25) is 0 Å². The first-order valence-electron chi connectivity index (χ1n) is 6.11. The van der Waals surface area contributed by atoms with Crippen LogP contribution in [0.4, 0.5) is 0 Å². The van der Waals surface area contributed by atoms with Crippen LogP contribution in [-0.2, 0) is 6.54 Å². The fourth-order valence-corrected chi connectivity index (χ4v) is 1.88. The molecule has 0 atom stereocenters. The minimum absolute atomic E-state index is 0.162. The molecule has 0 aliphatic heterocycles. The van der Waals surface area contributed by atoms with Crippen LogP contribution in [0.15, 0.2) is 41.0 Å². The number of hydrogen-bond donors (Lipinski definition) is 1. The number of amides is 1. The fraction of sp³-hybridized carbons (Fsp3) is 0.200. The molecule has 0 saturated carbocycles. The predicted octanol–water partition coefficient (Wildman–Crippen LogP) is 2.56. The van der Waals surface area contributed by atoms with Gasteiger partial charge in [0.25, 0.3) is 5.91 Å². The van der Waals surface area contributed by atoms with E-state index in [4.69, 9.17) is 9.52 Å². The molecule has 1 N–H and O–H groups in total. The van der Waals surface area contributed by atoms with Crippen molar-refractivity contribution < 1.29 is 19.1 Å². The van der Waals surface area contributed by atoms with Crippen LogP contribution in [0.25, 0.3) is 0 Å². The lowest BCUT2D eigenvalue weighted by Crippen LogP contribution is -2.26. The van der Waals surface area contributed by atoms with E-state index in [1.807, 2.05) is 13.0 Å². The molecule has 0 unspecified atom stereocenters. The molecule has 1 heterocycles. The third kappa shape index (κ3) is 2.88. The monoisotopic (exact) mass is 273 g/mol. The summed E-state index contributed by atoms with van der Waals surface area (Å²) in [5, 5.41) is 8.82. The molecule has 1 amide bonds. The number of rotatable bonds is 4. The summed E-state index contributed by atoms with van der Waals surface area (Å²) < 4.78 is 5.19. The Morgan fingerprint density at radius 1 is 1.15 bits per heavy atom. The molecule has 0 aliphatic rings. The highest BCUT2D eigenvalue weighted by Gasteiger charge is 2.14. The molecule has 1 aromatic heterocycles. The van der Waals surface area contributed by atoms with Gasteiger partial charge < -0.3 is 14.4 Å². The van der Waals surface area contributed by atoms with Crippen molar-refractivity contribution >= 4 is 11.9 Å². The van der Waals surface area contributed by atoms with Crippen LogP contribution in [0, 0.1) is 6.92 Å². The first-order valence-corrected chi connectivity index (χ1v) is 6.11. The number of nitrogens with zero attached hydrogens (tertiary/aromatic N) is 1. The van der Waals surface area contributed by atoms with E-state index in [-0.39, 0.29) is 11.5 Å². The summed E-state index contributed by atoms with van der Waals surface area (Å²) >= 11 is 0. The number of benzene rings is 1. The smallest absolute Gasteiger partial charge is 0.335 e. The van der Waals surface area contributed by atoms with Gasteiger partial charge in [0.05, 0.1) is 11.8 Å². The Morgan fingerprint density at radius 2 is 1.75 bits per heavy atom. The number of carboxylic acid groups (broad SMARTS) is 1. The lowest BCUT2D eigenvalue weighted by Gasteiger charge is -2.16. The maximum Gasteiger partial charge on any atom is 0.335 e. The SMILES string of the molecule is Cc1occc1CN(C)C(=O)c1ccc(C(=O)O)cc1.